The SMILES string of the molecule is O=C(NC1CCC2(CC1)CS(=O)(=O)C2)C(=O)N1C[C@H]2CC[C@@H](O)[C@H]2C1. The summed E-state index contributed by atoms with van der Waals surface area (Å²) in [7, 11) is -2.84. The van der Waals surface area contributed by atoms with E-state index in [-0.39, 0.29) is 35.0 Å². The molecule has 0 aromatic heterocycles. The van der Waals surface area contributed by atoms with Crippen LogP contribution in [-0.4, -0.2) is 67.0 Å². The monoisotopic (exact) mass is 370 g/mol. The molecule has 0 aromatic rings. The molecule has 2 amide bonds. The van der Waals surface area contributed by atoms with Crippen LogP contribution in [0.15, 0.2) is 0 Å². The molecule has 2 N–H and O–H groups in total. The Balaban J connectivity index is 1.26. The summed E-state index contributed by atoms with van der Waals surface area (Å²) in [5.74, 6) is -0.0600. The zero-order valence-corrected chi connectivity index (χ0v) is 15.1. The summed E-state index contributed by atoms with van der Waals surface area (Å²) in [6.45, 7) is 1.04. The third-order valence-electron chi connectivity index (χ3n) is 6.73. The van der Waals surface area contributed by atoms with Crippen molar-refractivity contribution in [2.24, 2.45) is 17.3 Å². The Labute approximate surface area is 148 Å². The Morgan fingerprint density at radius 3 is 2.32 bits per heavy atom. The van der Waals surface area contributed by atoms with Gasteiger partial charge < -0.3 is 15.3 Å². The van der Waals surface area contributed by atoms with Gasteiger partial charge in [-0.2, -0.15) is 0 Å². The van der Waals surface area contributed by atoms with E-state index in [2.05, 4.69) is 5.32 Å². The highest BCUT2D eigenvalue weighted by Crippen LogP contribution is 2.45. The fourth-order valence-corrected chi connectivity index (χ4v) is 7.71. The largest absolute Gasteiger partial charge is 0.393 e. The highest BCUT2D eigenvalue weighted by atomic mass is 32.2. The molecule has 2 aliphatic carbocycles. The minimum atomic E-state index is -2.84. The van der Waals surface area contributed by atoms with E-state index in [9.17, 15) is 23.1 Å². The lowest BCUT2D eigenvalue weighted by Gasteiger charge is -2.46. The van der Waals surface area contributed by atoms with Crippen molar-refractivity contribution in [1.82, 2.24) is 10.2 Å². The van der Waals surface area contributed by atoms with Crippen LogP contribution in [0.25, 0.3) is 0 Å². The van der Waals surface area contributed by atoms with Crippen LogP contribution in [0.5, 0.6) is 0 Å². The van der Waals surface area contributed by atoms with Gasteiger partial charge >= 0.3 is 11.8 Å². The Kier molecular flexibility index (Phi) is 4.11. The summed E-state index contributed by atoms with van der Waals surface area (Å²) in [5.41, 5.74) is -0.0768. The highest BCUT2D eigenvalue weighted by molar-refractivity contribution is 7.92. The smallest absolute Gasteiger partial charge is 0.311 e. The topological polar surface area (TPSA) is 104 Å². The Bertz CT molecular complexity index is 669. The predicted octanol–water partition coefficient (Wildman–Crippen LogP) is -0.311. The molecule has 3 atom stereocenters. The molecule has 2 heterocycles. The van der Waals surface area contributed by atoms with E-state index in [1.54, 1.807) is 4.90 Å². The summed E-state index contributed by atoms with van der Waals surface area (Å²) < 4.78 is 22.8. The van der Waals surface area contributed by atoms with Crippen LogP contribution in [0, 0.1) is 17.3 Å². The van der Waals surface area contributed by atoms with Crippen molar-refractivity contribution in [3.63, 3.8) is 0 Å². The lowest BCUT2D eigenvalue weighted by atomic mass is 9.74. The standard InChI is InChI=1S/C17H26N2O5S/c20-14-2-1-11-7-19(8-13(11)14)16(22)15(21)18-12-3-5-17(6-4-12)9-25(23,24)10-17/h11-14,20H,1-10H2,(H,18,21)/t11-,13+,14-/m1/s1. The van der Waals surface area contributed by atoms with Gasteiger partial charge in [-0.25, -0.2) is 8.42 Å². The first-order valence-corrected chi connectivity index (χ1v) is 11.1. The first-order chi connectivity index (χ1) is 11.8. The van der Waals surface area contributed by atoms with E-state index >= 15 is 0 Å². The molecule has 4 fully saturated rings. The van der Waals surface area contributed by atoms with Crippen molar-refractivity contribution >= 4 is 21.7 Å². The van der Waals surface area contributed by atoms with E-state index in [4.69, 9.17) is 0 Å². The number of aliphatic hydroxyl groups is 1. The maximum atomic E-state index is 12.4. The van der Waals surface area contributed by atoms with Gasteiger partial charge in [-0.3, -0.25) is 9.59 Å². The molecule has 0 radical (unpaired) electrons. The van der Waals surface area contributed by atoms with Crippen LogP contribution < -0.4 is 5.32 Å². The lowest BCUT2D eigenvalue weighted by molar-refractivity contribution is -0.146. The Morgan fingerprint density at radius 1 is 1.04 bits per heavy atom. The zero-order valence-electron chi connectivity index (χ0n) is 14.3. The third kappa shape index (κ3) is 3.18. The van der Waals surface area contributed by atoms with E-state index in [1.807, 2.05) is 0 Å². The number of nitrogens with one attached hydrogen (secondary N) is 1. The zero-order chi connectivity index (χ0) is 17.8. The number of carbonyl (C=O) groups is 2. The number of hydrogen-bond acceptors (Lipinski definition) is 5. The number of rotatable bonds is 1. The number of amides is 2. The van der Waals surface area contributed by atoms with Gasteiger partial charge in [-0.05, 0) is 49.9 Å². The molecular weight excluding hydrogens is 344 g/mol. The fourth-order valence-electron chi connectivity index (χ4n) is 5.35. The van der Waals surface area contributed by atoms with Gasteiger partial charge in [-0.1, -0.05) is 0 Å². The molecule has 2 aliphatic heterocycles. The minimum Gasteiger partial charge on any atom is -0.393 e. The van der Waals surface area contributed by atoms with Crippen molar-refractivity contribution < 1.29 is 23.1 Å². The number of aliphatic hydroxyl groups excluding tert-OH is 1. The van der Waals surface area contributed by atoms with Crippen molar-refractivity contribution in [2.45, 2.75) is 50.7 Å². The molecular formula is C17H26N2O5S. The number of carbonyl (C=O) groups excluding carboxylic acids is 2. The molecule has 25 heavy (non-hydrogen) atoms. The average Bonchev–Trinajstić information content (AvgIpc) is 3.09. The van der Waals surface area contributed by atoms with E-state index in [0.29, 0.717) is 19.0 Å². The van der Waals surface area contributed by atoms with Crippen LogP contribution in [0.2, 0.25) is 0 Å². The maximum absolute atomic E-state index is 12.4. The van der Waals surface area contributed by atoms with Gasteiger partial charge in [0.2, 0.25) is 0 Å². The van der Waals surface area contributed by atoms with Crippen molar-refractivity contribution in [3.05, 3.63) is 0 Å². The molecule has 0 aromatic carbocycles. The molecule has 1 spiro atoms. The quantitative estimate of drug-likeness (QED) is 0.616. The Hall–Kier alpha value is -1.15. The van der Waals surface area contributed by atoms with Crippen LogP contribution >= 0.6 is 0 Å². The highest BCUT2D eigenvalue weighted by Gasteiger charge is 2.50. The van der Waals surface area contributed by atoms with Gasteiger partial charge in [0.1, 0.15) is 0 Å². The fraction of sp³-hybridized carbons (Fsp3) is 0.882. The van der Waals surface area contributed by atoms with Crippen molar-refractivity contribution in [1.29, 1.82) is 0 Å². The average molecular weight is 370 g/mol. The number of hydrogen-bond donors (Lipinski definition) is 2. The second-order valence-electron chi connectivity index (χ2n) is 8.56. The molecule has 4 rings (SSSR count). The summed E-state index contributed by atoms with van der Waals surface area (Å²) in [6, 6.07) is -0.0435. The van der Waals surface area contributed by atoms with E-state index in [1.165, 1.54) is 0 Å². The van der Waals surface area contributed by atoms with Crippen molar-refractivity contribution in [2.75, 3.05) is 24.6 Å². The molecule has 7 nitrogen and oxygen atoms in total. The molecule has 2 saturated heterocycles. The maximum Gasteiger partial charge on any atom is 0.311 e. The molecule has 4 aliphatic rings. The van der Waals surface area contributed by atoms with Gasteiger partial charge in [0, 0.05) is 25.0 Å². The molecule has 140 valence electrons. The number of sulfone groups is 1. The first-order valence-electron chi connectivity index (χ1n) is 9.25. The predicted molar refractivity (Wildman–Crippen MR) is 90.3 cm³/mol. The molecule has 2 saturated carbocycles. The van der Waals surface area contributed by atoms with Crippen LogP contribution in [-0.2, 0) is 19.4 Å². The van der Waals surface area contributed by atoms with Crippen molar-refractivity contribution in [3.8, 4) is 0 Å². The minimum absolute atomic E-state index is 0.0435. The second kappa shape index (κ2) is 5.94. The number of likely N-dealkylation sites (tertiary alicyclic amines) is 1. The van der Waals surface area contributed by atoms with Crippen LogP contribution in [0.3, 0.4) is 0 Å². The number of nitrogens with zero attached hydrogens (tertiary/aromatic N) is 1. The van der Waals surface area contributed by atoms with Gasteiger partial charge in [-0.15, -0.1) is 0 Å². The Morgan fingerprint density at radius 2 is 1.72 bits per heavy atom. The second-order valence-corrected chi connectivity index (χ2v) is 10.6. The van der Waals surface area contributed by atoms with Gasteiger partial charge in [0.05, 0.1) is 17.6 Å². The summed E-state index contributed by atoms with van der Waals surface area (Å²) >= 11 is 0. The third-order valence-corrected chi connectivity index (χ3v) is 8.84. The normalized spacial score (nSPS) is 36.0. The van der Waals surface area contributed by atoms with Crippen LogP contribution in [0.1, 0.15) is 38.5 Å². The molecule has 8 heteroatoms. The molecule has 0 unspecified atom stereocenters. The van der Waals surface area contributed by atoms with Crippen LogP contribution in [0.4, 0.5) is 0 Å². The lowest BCUT2D eigenvalue weighted by Crippen LogP contribution is -2.54. The summed E-state index contributed by atoms with van der Waals surface area (Å²) in [5, 5.41) is 12.8. The summed E-state index contributed by atoms with van der Waals surface area (Å²) in [6.07, 6.45) is 4.43. The number of fused-ring (bicyclic) bond motifs is 1. The van der Waals surface area contributed by atoms with E-state index < -0.39 is 21.7 Å². The first kappa shape index (κ1) is 17.3. The van der Waals surface area contributed by atoms with E-state index in [0.717, 1.165) is 38.5 Å². The summed E-state index contributed by atoms with van der Waals surface area (Å²) in [4.78, 5) is 26.3. The van der Waals surface area contributed by atoms with Gasteiger partial charge in [0.15, 0.2) is 9.84 Å². The van der Waals surface area contributed by atoms with Gasteiger partial charge in [0.25, 0.3) is 0 Å². The molecule has 0 bridgehead atoms.